The molecule has 0 unspecified atom stereocenters. The van der Waals surface area contributed by atoms with Crippen molar-refractivity contribution >= 4 is 33.6 Å². The highest BCUT2D eigenvalue weighted by atomic mass is 15.2. The quantitative estimate of drug-likeness (QED) is 0.223. The molecule has 42 heavy (non-hydrogen) atoms. The number of fused-ring (bicyclic) bond motifs is 3. The summed E-state index contributed by atoms with van der Waals surface area (Å²) < 4.78 is 2.43. The number of nitrogens with one attached hydrogen (secondary N) is 1. The van der Waals surface area contributed by atoms with Crippen LogP contribution in [0.3, 0.4) is 0 Å². The Labute approximate surface area is 252 Å². The smallest absolute Gasteiger partial charge is 0.0491 e. The van der Waals surface area contributed by atoms with Gasteiger partial charge in [0.1, 0.15) is 0 Å². The standard InChI is InChI=1S/C38H48N4/c1-5-42-36-12-8-7-11-34(36)35-26-32(15-18-37(35)42)27-41-23-19-31(20-24-41)25-30-13-16-33(17-14-30)29(2)39-28-38(40(3)4)21-9-6-10-22-38/h7-8,11-18,25-26,39H,2,5-6,9-10,19-24,27-28H2,1,3-4H3. The largest absolute Gasteiger partial charge is 0.383 e. The normalized spacial score (nSPS) is 17.7. The van der Waals surface area contributed by atoms with Crippen LogP contribution in [0, 0.1) is 0 Å². The molecule has 1 aromatic heterocycles. The molecular weight excluding hydrogens is 512 g/mol. The molecule has 1 saturated carbocycles. The summed E-state index contributed by atoms with van der Waals surface area (Å²) in [6.07, 6.45) is 11.2. The van der Waals surface area contributed by atoms with Crippen LogP contribution in [-0.4, -0.2) is 53.6 Å². The third-order valence-electron chi connectivity index (χ3n) is 10.1. The minimum atomic E-state index is 0.253. The van der Waals surface area contributed by atoms with Crippen LogP contribution in [0.1, 0.15) is 68.6 Å². The second-order valence-electron chi connectivity index (χ2n) is 12.8. The number of aromatic nitrogens is 1. The number of hydrogen-bond donors (Lipinski definition) is 1. The second kappa shape index (κ2) is 12.5. The van der Waals surface area contributed by atoms with E-state index in [-0.39, 0.29) is 5.54 Å². The van der Waals surface area contributed by atoms with Crippen molar-refractivity contribution in [1.29, 1.82) is 0 Å². The molecule has 1 aliphatic carbocycles. The van der Waals surface area contributed by atoms with Crippen molar-refractivity contribution < 1.29 is 0 Å². The predicted octanol–water partition coefficient (Wildman–Crippen LogP) is 8.32. The summed E-state index contributed by atoms with van der Waals surface area (Å²) in [6.45, 7) is 11.8. The predicted molar refractivity (Wildman–Crippen MR) is 181 cm³/mol. The highest BCUT2D eigenvalue weighted by molar-refractivity contribution is 6.08. The van der Waals surface area contributed by atoms with Crippen molar-refractivity contribution in [3.8, 4) is 0 Å². The number of aryl methyl sites for hydroxylation is 1. The molecule has 4 nitrogen and oxygen atoms in total. The molecule has 3 aromatic carbocycles. The first-order valence-electron chi connectivity index (χ1n) is 16.1. The third kappa shape index (κ3) is 5.93. The molecule has 6 rings (SSSR count). The molecule has 2 fully saturated rings. The highest BCUT2D eigenvalue weighted by Gasteiger charge is 2.34. The van der Waals surface area contributed by atoms with Gasteiger partial charge in [0.2, 0.25) is 0 Å². The maximum absolute atomic E-state index is 4.37. The van der Waals surface area contributed by atoms with E-state index < -0.39 is 0 Å². The van der Waals surface area contributed by atoms with E-state index in [4.69, 9.17) is 0 Å². The topological polar surface area (TPSA) is 23.4 Å². The Bertz CT molecular complexity index is 1560. The fourth-order valence-electron chi connectivity index (χ4n) is 7.32. The summed E-state index contributed by atoms with van der Waals surface area (Å²) in [5.41, 5.74) is 9.43. The number of piperidine rings is 1. The summed E-state index contributed by atoms with van der Waals surface area (Å²) in [5.74, 6) is 0. The molecule has 2 aliphatic rings. The maximum Gasteiger partial charge on any atom is 0.0491 e. The first-order chi connectivity index (χ1) is 20.5. The molecule has 0 amide bonds. The van der Waals surface area contributed by atoms with Crippen LogP contribution >= 0.6 is 0 Å². The maximum atomic E-state index is 4.37. The number of para-hydroxylation sites is 1. The first-order valence-corrected chi connectivity index (χ1v) is 16.1. The van der Waals surface area contributed by atoms with Crippen molar-refractivity contribution in [3.05, 3.63) is 95.6 Å². The van der Waals surface area contributed by atoms with Crippen molar-refractivity contribution in [3.63, 3.8) is 0 Å². The van der Waals surface area contributed by atoms with Gasteiger partial charge < -0.3 is 14.8 Å². The molecule has 4 heteroatoms. The Morgan fingerprint density at radius 1 is 0.905 bits per heavy atom. The summed E-state index contributed by atoms with van der Waals surface area (Å²) >= 11 is 0. The van der Waals surface area contributed by atoms with E-state index in [1.807, 2.05) is 0 Å². The van der Waals surface area contributed by atoms with Crippen LogP contribution in [0.4, 0.5) is 0 Å². The van der Waals surface area contributed by atoms with Gasteiger partial charge in [-0.25, -0.2) is 0 Å². The first kappa shape index (κ1) is 28.8. The van der Waals surface area contributed by atoms with Gasteiger partial charge in [0.05, 0.1) is 0 Å². The molecule has 0 atom stereocenters. The fraction of sp³-hybridized carbons (Fsp3) is 0.421. The monoisotopic (exact) mass is 560 g/mol. The number of likely N-dealkylation sites (N-methyl/N-ethyl adjacent to an activating group) is 1. The Hall–Kier alpha value is -3.34. The van der Waals surface area contributed by atoms with Crippen molar-refractivity contribution in [2.24, 2.45) is 0 Å². The van der Waals surface area contributed by atoms with Crippen molar-refractivity contribution in [2.75, 3.05) is 33.7 Å². The average Bonchev–Trinajstić information content (AvgIpc) is 3.34. The van der Waals surface area contributed by atoms with Gasteiger partial charge in [-0.1, -0.05) is 86.0 Å². The Kier molecular flexibility index (Phi) is 8.55. The zero-order valence-electron chi connectivity index (χ0n) is 26.0. The lowest BCUT2D eigenvalue weighted by molar-refractivity contribution is 0.103. The summed E-state index contributed by atoms with van der Waals surface area (Å²) in [7, 11) is 4.46. The van der Waals surface area contributed by atoms with Crippen LogP contribution in [0.5, 0.6) is 0 Å². The molecule has 1 saturated heterocycles. The van der Waals surface area contributed by atoms with E-state index >= 15 is 0 Å². The van der Waals surface area contributed by atoms with Crippen LogP contribution in [0.15, 0.2) is 78.9 Å². The summed E-state index contributed by atoms with van der Waals surface area (Å²) in [6, 6.07) is 24.9. The van der Waals surface area contributed by atoms with Crippen molar-refractivity contribution in [1.82, 2.24) is 19.7 Å². The zero-order valence-corrected chi connectivity index (χ0v) is 26.0. The fourth-order valence-corrected chi connectivity index (χ4v) is 7.32. The molecule has 4 aromatic rings. The molecule has 2 heterocycles. The SMILES string of the molecule is C=C(NCC1(N(C)C)CCCCC1)c1ccc(C=C2CCN(Cc3ccc4c(c3)c3ccccc3n4CC)CC2)cc1. The van der Waals surface area contributed by atoms with E-state index in [1.54, 1.807) is 5.57 Å². The van der Waals surface area contributed by atoms with E-state index in [9.17, 15) is 0 Å². The molecule has 220 valence electrons. The minimum absolute atomic E-state index is 0.253. The lowest BCUT2D eigenvalue weighted by atomic mass is 9.80. The Balaban J connectivity index is 1.04. The molecule has 0 spiro atoms. The van der Waals surface area contributed by atoms with Gasteiger partial charge in [0, 0.05) is 65.8 Å². The lowest BCUT2D eigenvalue weighted by Crippen LogP contribution is -2.52. The van der Waals surface area contributed by atoms with E-state index in [2.05, 4.69) is 120 Å². The average molecular weight is 561 g/mol. The van der Waals surface area contributed by atoms with Gasteiger partial charge in [-0.3, -0.25) is 4.90 Å². The summed E-state index contributed by atoms with van der Waals surface area (Å²) in [5, 5.41) is 6.43. The molecule has 0 radical (unpaired) electrons. The number of hydrogen-bond acceptors (Lipinski definition) is 3. The number of likely N-dealkylation sites (tertiary alicyclic amines) is 1. The lowest BCUT2D eigenvalue weighted by Gasteiger charge is -2.43. The summed E-state index contributed by atoms with van der Waals surface area (Å²) in [4.78, 5) is 5.04. The van der Waals surface area contributed by atoms with Crippen molar-refractivity contribution in [2.45, 2.75) is 70.5 Å². The number of nitrogens with zero attached hydrogens (tertiary/aromatic N) is 3. The van der Waals surface area contributed by atoms with Crippen LogP contribution in [0.25, 0.3) is 33.6 Å². The number of rotatable bonds is 9. The Morgan fingerprint density at radius 2 is 1.62 bits per heavy atom. The van der Waals surface area contributed by atoms with E-state index in [0.29, 0.717) is 0 Å². The minimum Gasteiger partial charge on any atom is -0.383 e. The van der Waals surface area contributed by atoms with Gasteiger partial charge in [0.15, 0.2) is 0 Å². The van der Waals surface area contributed by atoms with Gasteiger partial charge in [-0.15, -0.1) is 0 Å². The molecule has 0 bridgehead atoms. The third-order valence-corrected chi connectivity index (χ3v) is 10.1. The van der Waals surface area contributed by atoms with E-state index in [1.165, 1.54) is 70.6 Å². The van der Waals surface area contributed by atoms with Gasteiger partial charge >= 0.3 is 0 Å². The van der Waals surface area contributed by atoms with Gasteiger partial charge in [0.25, 0.3) is 0 Å². The Morgan fingerprint density at radius 3 is 2.33 bits per heavy atom. The van der Waals surface area contributed by atoms with Gasteiger partial charge in [-0.05, 0) is 81.6 Å². The van der Waals surface area contributed by atoms with E-state index in [0.717, 1.165) is 51.3 Å². The van der Waals surface area contributed by atoms with Crippen LogP contribution in [0.2, 0.25) is 0 Å². The molecular formula is C38H48N4. The second-order valence-corrected chi connectivity index (χ2v) is 12.8. The molecule has 1 aliphatic heterocycles. The van der Waals surface area contributed by atoms with Gasteiger partial charge in [-0.2, -0.15) is 0 Å². The van der Waals surface area contributed by atoms with Crippen LogP contribution < -0.4 is 5.32 Å². The number of benzene rings is 3. The molecule has 1 N–H and O–H groups in total. The zero-order chi connectivity index (χ0) is 29.1. The van der Waals surface area contributed by atoms with Crippen LogP contribution in [-0.2, 0) is 13.1 Å². The highest BCUT2D eigenvalue weighted by Crippen LogP contribution is 2.33.